The van der Waals surface area contributed by atoms with Crippen LogP contribution in [0.4, 0.5) is 11.9 Å². The van der Waals surface area contributed by atoms with Crippen molar-refractivity contribution in [3.05, 3.63) is 0 Å². The number of hydrazine groups is 1. The average Bonchev–Trinajstić information content (AvgIpc) is 3.32. The van der Waals surface area contributed by atoms with Crippen LogP contribution < -0.4 is 20.9 Å². The molecule has 0 amide bonds. The van der Waals surface area contributed by atoms with E-state index in [0.29, 0.717) is 17.9 Å². The summed E-state index contributed by atoms with van der Waals surface area (Å²) in [4.78, 5) is 15.3. The predicted molar refractivity (Wildman–Crippen MR) is 81.1 cm³/mol. The third kappa shape index (κ3) is 4.17. The van der Waals surface area contributed by atoms with Crippen molar-refractivity contribution in [3.63, 3.8) is 0 Å². The molecule has 1 heterocycles. The maximum Gasteiger partial charge on any atom is 0.323 e. The maximum atomic E-state index is 5.60. The predicted octanol–water partition coefficient (Wildman–Crippen LogP) is 1.57. The molecule has 2 fully saturated rings. The van der Waals surface area contributed by atoms with Gasteiger partial charge in [0.2, 0.25) is 11.9 Å². The number of ether oxygens (including phenoxy) is 1. The van der Waals surface area contributed by atoms with E-state index in [2.05, 4.69) is 25.3 Å². The Morgan fingerprint density at radius 2 is 1.76 bits per heavy atom. The molecular weight excluding hydrogens is 268 g/mol. The Balaban J connectivity index is 1.81. The number of nitrogen functional groups attached to an aromatic ring is 1. The van der Waals surface area contributed by atoms with Gasteiger partial charge in [-0.2, -0.15) is 15.0 Å². The quantitative estimate of drug-likeness (QED) is 0.555. The van der Waals surface area contributed by atoms with Gasteiger partial charge in [0.25, 0.3) is 0 Å². The molecule has 21 heavy (non-hydrogen) atoms. The number of rotatable bonds is 8. The maximum absolute atomic E-state index is 5.60. The van der Waals surface area contributed by atoms with Crippen molar-refractivity contribution < 1.29 is 4.74 Å². The number of hydrogen-bond donors (Lipinski definition) is 2. The Bertz CT molecular complexity index is 472. The highest BCUT2D eigenvalue weighted by atomic mass is 16.5. The summed E-state index contributed by atoms with van der Waals surface area (Å²) in [6.45, 7) is 5.94. The lowest BCUT2D eigenvalue weighted by Gasteiger charge is -2.23. The molecule has 2 saturated carbocycles. The fourth-order valence-corrected chi connectivity index (χ4v) is 2.28. The molecule has 0 atom stereocenters. The van der Waals surface area contributed by atoms with Crippen LogP contribution in [0.2, 0.25) is 0 Å². The molecule has 2 aliphatic rings. The van der Waals surface area contributed by atoms with Gasteiger partial charge in [-0.3, -0.25) is 5.43 Å². The summed E-state index contributed by atoms with van der Waals surface area (Å²) in [7, 11) is 0. The molecular formula is C14H24N6O. The molecule has 0 aromatic carbocycles. The standard InChI is InChI=1S/C14H24N6O/c1-9(2)21-14-17-12(19-15)16-13(18-14)20(7-10-3-4-10)8-11-5-6-11/h9-11H,3-8,15H2,1-2H3,(H,16,17,18,19). The molecule has 7 heteroatoms. The second-order valence-corrected chi connectivity index (χ2v) is 6.34. The van der Waals surface area contributed by atoms with E-state index in [9.17, 15) is 0 Å². The van der Waals surface area contributed by atoms with Gasteiger partial charge >= 0.3 is 6.01 Å². The van der Waals surface area contributed by atoms with Gasteiger partial charge < -0.3 is 9.64 Å². The lowest BCUT2D eigenvalue weighted by molar-refractivity contribution is 0.222. The van der Waals surface area contributed by atoms with Crippen LogP contribution in [-0.2, 0) is 0 Å². The second-order valence-electron chi connectivity index (χ2n) is 6.34. The molecule has 0 unspecified atom stereocenters. The van der Waals surface area contributed by atoms with E-state index in [1.807, 2.05) is 13.8 Å². The molecule has 1 aromatic rings. The average molecular weight is 292 g/mol. The van der Waals surface area contributed by atoms with Crippen molar-refractivity contribution in [2.24, 2.45) is 17.7 Å². The zero-order valence-corrected chi connectivity index (χ0v) is 12.7. The van der Waals surface area contributed by atoms with E-state index in [1.54, 1.807) is 0 Å². The van der Waals surface area contributed by atoms with Crippen LogP contribution in [0.1, 0.15) is 39.5 Å². The van der Waals surface area contributed by atoms with E-state index >= 15 is 0 Å². The van der Waals surface area contributed by atoms with Gasteiger partial charge in [-0.05, 0) is 51.4 Å². The molecule has 0 aliphatic heterocycles. The largest absolute Gasteiger partial charge is 0.461 e. The van der Waals surface area contributed by atoms with Crippen LogP contribution in [0.5, 0.6) is 6.01 Å². The lowest BCUT2D eigenvalue weighted by Crippen LogP contribution is -2.30. The Morgan fingerprint density at radius 1 is 1.14 bits per heavy atom. The molecule has 116 valence electrons. The molecule has 3 rings (SSSR count). The summed E-state index contributed by atoms with van der Waals surface area (Å²) in [5.41, 5.74) is 2.50. The van der Waals surface area contributed by atoms with E-state index < -0.39 is 0 Å². The molecule has 3 N–H and O–H groups in total. The number of anilines is 2. The monoisotopic (exact) mass is 292 g/mol. The minimum atomic E-state index is 0.0196. The van der Waals surface area contributed by atoms with E-state index in [1.165, 1.54) is 25.7 Å². The molecule has 0 bridgehead atoms. The van der Waals surface area contributed by atoms with Crippen molar-refractivity contribution >= 4 is 11.9 Å². The highest BCUT2D eigenvalue weighted by Gasteiger charge is 2.31. The van der Waals surface area contributed by atoms with Crippen molar-refractivity contribution in [2.45, 2.75) is 45.6 Å². The van der Waals surface area contributed by atoms with Gasteiger partial charge in [-0.15, -0.1) is 0 Å². The minimum absolute atomic E-state index is 0.0196. The third-order valence-electron chi connectivity index (χ3n) is 3.71. The number of aromatic nitrogens is 3. The van der Waals surface area contributed by atoms with Crippen LogP contribution in [0.3, 0.4) is 0 Å². The minimum Gasteiger partial charge on any atom is -0.461 e. The summed E-state index contributed by atoms with van der Waals surface area (Å²) in [6.07, 6.45) is 5.26. The van der Waals surface area contributed by atoms with Gasteiger partial charge in [0.1, 0.15) is 0 Å². The zero-order valence-electron chi connectivity index (χ0n) is 12.7. The van der Waals surface area contributed by atoms with E-state index in [-0.39, 0.29) is 6.10 Å². The number of nitrogens with two attached hydrogens (primary N) is 1. The van der Waals surface area contributed by atoms with Gasteiger partial charge in [-0.1, -0.05) is 0 Å². The third-order valence-corrected chi connectivity index (χ3v) is 3.71. The number of nitrogens with one attached hydrogen (secondary N) is 1. The summed E-state index contributed by atoms with van der Waals surface area (Å²) in [5, 5.41) is 0. The SMILES string of the molecule is CC(C)Oc1nc(NN)nc(N(CC2CC2)CC2CC2)n1. The van der Waals surface area contributed by atoms with Crippen LogP contribution in [0.25, 0.3) is 0 Å². The van der Waals surface area contributed by atoms with Crippen molar-refractivity contribution in [2.75, 3.05) is 23.4 Å². The smallest absolute Gasteiger partial charge is 0.323 e. The van der Waals surface area contributed by atoms with E-state index in [4.69, 9.17) is 10.6 Å². The first-order chi connectivity index (χ1) is 10.1. The van der Waals surface area contributed by atoms with Crippen molar-refractivity contribution in [3.8, 4) is 6.01 Å². The lowest BCUT2D eigenvalue weighted by atomic mass is 10.3. The molecule has 0 spiro atoms. The number of nitrogens with zero attached hydrogens (tertiary/aromatic N) is 4. The fourth-order valence-electron chi connectivity index (χ4n) is 2.28. The first-order valence-corrected chi connectivity index (χ1v) is 7.78. The summed E-state index contributed by atoms with van der Waals surface area (Å²) in [5.74, 6) is 8.06. The van der Waals surface area contributed by atoms with Gasteiger partial charge in [0.15, 0.2) is 0 Å². The normalized spacial score (nSPS) is 17.9. The Labute approximate surface area is 125 Å². The molecule has 0 radical (unpaired) electrons. The van der Waals surface area contributed by atoms with Crippen LogP contribution in [0.15, 0.2) is 0 Å². The molecule has 1 aromatic heterocycles. The molecule has 7 nitrogen and oxygen atoms in total. The topological polar surface area (TPSA) is 89.2 Å². The Kier molecular flexibility index (Phi) is 4.10. The zero-order chi connectivity index (χ0) is 14.8. The van der Waals surface area contributed by atoms with Crippen molar-refractivity contribution in [1.29, 1.82) is 0 Å². The second kappa shape index (κ2) is 6.01. The van der Waals surface area contributed by atoms with Crippen LogP contribution in [-0.4, -0.2) is 34.1 Å². The molecule has 2 aliphatic carbocycles. The van der Waals surface area contributed by atoms with Gasteiger partial charge in [0, 0.05) is 13.1 Å². The van der Waals surface area contributed by atoms with Gasteiger partial charge in [-0.25, -0.2) is 5.84 Å². The van der Waals surface area contributed by atoms with Crippen molar-refractivity contribution in [1.82, 2.24) is 15.0 Å². The van der Waals surface area contributed by atoms with Crippen LogP contribution in [0, 0.1) is 11.8 Å². The van der Waals surface area contributed by atoms with Gasteiger partial charge in [0.05, 0.1) is 6.10 Å². The first-order valence-electron chi connectivity index (χ1n) is 7.78. The first kappa shape index (κ1) is 14.3. The highest BCUT2D eigenvalue weighted by molar-refractivity contribution is 5.38. The summed E-state index contributed by atoms with van der Waals surface area (Å²) in [6, 6.07) is 0.333. The Hall–Kier alpha value is -1.63. The highest BCUT2D eigenvalue weighted by Crippen LogP contribution is 2.35. The fraction of sp³-hybridized carbons (Fsp3) is 0.786. The Morgan fingerprint density at radius 3 is 2.24 bits per heavy atom. The summed E-state index contributed by atoms with van der Waals surface area (Å²) >= 11 is 0. The molecule has 0 saturated heterocycles. The number of hydrogen-bond acceptors (Lipinski definition) is 7. The van der Waals surface area contributed by atoms with E-state index in [0.717, 1.165) is 24.9 Å². The summed E-state index contributed by atoms with van der Waals surface area (Å²) < 4.78 is 5.60. The van der Waals surface area contributed by atoms with Crippen LogP contribution >= 0.6 is 0 Å².